The summed E-state index contributed by atoms with van der Waals surface area (Å²) in [5.74, 6) is -0.478. The molecule has 5 heteroatoms. The Hall–Kier alpha value is -3.70. The second kappa shape index (κ2) is 53.6. The minimum Gasteiger partial charge on any atom is -0.462 e. The molecule has 0 aliphatic heterocycles. The largest absolute Gasteiger partial charge is 0.462 e. The fourth-order valence-electron chi connectivity index (χ4n) is 6.68. The van der Waals surface area contributed by atoms with Crippen molar-refractivity contribution in [1.29, 1.82) is 0 Å². The summed E-state index contributed by atoms with van der Waals surface area (Å²) in [4.78, 5) is 25.4. The maximum Gasteiger partial charge on any atom is 0.306 e. The van der Waals surface area contributed by atoms with Gasteiger partial charge in [0.2, 0.25) is 0 Å². The van der Waals surface area contributed by atoms with Crippen molar-refractivity contribution >= 4 is 11.9 Å². The first-order valence-electron chi connectivity index (χ1n) is 26.1. The SMILES string of the molecule is CC/C=C\C/C=C\C/C=C\C/C=C\C/C=C\CCCCCC(=O)OCC(COCCCCCCCCCCCC)OC(=O)CCCCC/C=C\C/C=C\C/C=C\C/C=C\C/C=C\CC. The van der Waals surface area contributed by atoms with E-state index in [-0.39, 0.29) is 25.2 Å². The summed E-state index contributed by atoms with van der Waals surface area (Å²) < 4.78 is 17.3. The van der Waals surface area contributed by atoms with E-state index in [1.54, 1.807) is 0 Å². The lowest BCUT2D eigenvalue weighted by molar-refractivity contribution is -0.163. The number of unbranched alkanes of at least 4 members (excludes halogenated alkanes) is 15. The fraction of sp³-hybridized carbons (Fsp3) is 0.627. The summed E-state index contributed by atoms with van der Waals surface area (Å²) >= 11 is 0. The highest BCUT2D eigenvalue weighted by Gasteiger charge is 2.17. The maximum atomic E-state index is 12.8. The van der Waals surface area contributed by atoms with E-state index in [1.165, 1.54) is 51.4 Å². The minimum absolute atomic E-state index is 0.0483. The molecule has 362 valence electrons. The van der Waals surface area contributed by atoms with Crippen LogP contribution in [0.2, 0.25) is 0 Å². The third kappa shape index (κ3) is 50.9. The van der Waals surface area contributed by atoms with Gasteiger partial charge in [0.1, 0.15) is 6.61 Å². The Morgan fingerprint density at radius 1 is 0.359 bits per heavy atom. The third-order valence-corrected chi connectivity index (χ3v) is 10.5. The van der Waals surface area contributed by atoms with Crippen molar-refractivity contribution in [3.63, 3.8) is 0 Å². The van der Waals surface area contributed by atoms with Gasteiger partial charge in [-0.05, 0) is 109 Å². The van der Waals surface area contributed by atoms with Gasteiger partial charge < -0.3 is 14.2 Å². The minimum atomic E-state index is -0.573. The standard InChI is InChI=1S/C59H96O5/c1-4-7-10-13-16-19-22-24-26-28-30-32-34-36-38-40-43-46-49-52-58(60)63-56-57(55-62-54-51-48-45-42-21-18-15-12-9-6-3)64-59(61)53-50-47-44-41-39-37-35-33-31-29-27-25-23-20-17-14-11-8-5-2/h7-8,10-11,16-17,19-20,24-27,30-33,36-39,57H,4-6,9,12-15,18,21-23,28-29,34-35,40-56H2,1-3H3/b10-7-,11-8-,19-16-,20-17-,26-24-,27-25-,32-30-,33-31-,38-36-,39-37-. The van der Waals surface area contributed by atoms with Crippen LogP contribution in [-0.4, -0.2) is 37.9 Å². The normalized spacial score (nSPS) is 13.2. The van der Waals surface area contributed by atoms with Gasteiger partial charge >= 0.3 is 11.9 Å². The zero-order valence-electron chi connectivity index (χ0n) is 41.5. The van der Waals surface area contributed by atoms with Crippen LogP contribution in [-0.2, 0) is 23.8 Å². The highest BCUT2D eigenvalue weighted by Crippen LogP contribution is 2.12. The molecule has 0 saturated carbocycles. The number of hydrogen-bond donors (Lipinski definition) is 0. The summed E-state index contributed by atoms with van der Waals surface area (Å²) in [5.41, 5.74) is 0. The Labute approximate surface area is 395 Å². The van der Waals surface area contributed by atoms with Gasteiger partial charge in [0.05, 0.1) is 6.61 Å². The molecule has 0 aliphatic carbocycles. The monoisotopic (exact) mass is 885 g/mol. The van der Waals surface area contributed by atoms with Crippen LogP contribution in [0, 0.1) is 0 Å². The molecular formula is C59H96O5. The Bertz CT molecular complexity index is 1320. The lowest BCUT2D eigenvalue weighted by Gasteiger charge is -2.18. The molecule has 0 aromatic carbocycles. The molecule has 0 rings (SSSR count). The van der Waals surface area contributed by atoms with E-state index in [2.05, 4.69) is 142 Å². The predicted molar refractivity (Wildman–Crippen MR) is 279 cm³/mol. The van der Waals surface area contributed by atoms with Crippen molar-refractivity contribution < 1.29 is 23.8 Å². The zero-order valence-corrected chi connectivity index (χ0v) is 41.5. The third-order valence-electron chi connectivity index (χ3n) is 10.5. The Balaban J connectivity index is 4.37. The average Bonchev–Trinajstić information content (AvgIpc) is 3.30. The number of esters is 2. The van der Waals surface area contributed by atoms with Gasteiger partial charge in [-0.1, -0.05) is 213 Å². The molecule has 0 aliphatic rings. The summed E-state index contributed by atoms with van der Waals surface area (Å²) in [5, 5.41) is 0. The number of ether oxygens (including phenoxy) is 3. The van der Waals surface area contributed by atoms with Gasteiger partial charge in [-0.2, -0.15) is 0 Å². The molecule has 0 aromatic rings. The maximum absolute atomic E-state index is 12.8. The molecule has 1 atom stereocenters. The first-order valence-corrected chi connectivity index (χ1v) is 26.1. The second-order valence-corrected chi connectivity index (χ2v) is 16.7. The number of carbonyl (C=O) groups is 2. The molecule has 0 N–H and O–H groups in total. The summed E-state index contributed by atoms with van der Waals surface area (Å²) in [6.45, 7) is 7.51. The Morgan fingerprint density at radius 3 is 1.11 bits per heavy atom. The van der Waals surface area contributed by atoms with E-state index in [0.29, 0.717) is 19.4 Å². The molecule has 1 unspecified atom stereocenters. The van der Waals surface area contributed by atoms with E-state index >= 15 is 0 Å². The van der Waals surface area contributed by atoms with Crippen molar-refractivity contribution in [2.45, 2.75) is 219 Å². The number of hydrogen-bond acceptors (Lipinski definition) is 5. The highest BCUT2D eigenvalue weighted by molar-refractivity contribution is 5.70. The van der Waals surface area contributed by atoms with Crippen molar-refractivity contribution in [3.05, 3.63) is 122 Å². The van der Waals surface area contributed by atoms with Gasteiger partial charge in [-0.25, -0.2) is 0 Å². The Kier molecular flexibility index (Phi) is 50.5. The van der Waals surface area contributed by atoms with Crippen LogP contribution in [0.25, 0.3) is 0 Å². The van der Waals surface area contributed by atoms with Crippen LogP contribution in [0.15, 0.2) is 122 Å². The topological polar surface area (TPSA) is 61.8 Å². The quantitative estimate of drug-likeness (QED) is 0.0346. The number of rotatable bonds is 46. The molecule has 5 nitrogen and oxygen atoms in total. The molecule has 0 heterocycles. The van der Waals surface area contributed by atoms with Crippen molar-refractivity contribution in [1.82, 2.24) is 0 Å². The van der Waals surface area contributed by atoms with E-state index < -0.39 is 6.10 Å². The molecule has 0 bridgehead atoms. The van der Waals surface area contributed by atoms with Crippen LogP contribution < -0.4 is 0 Å². The summed E-state index contributed by atoms with van der Waals surface area (Å²) in [7, 11) is 0. The second-order valence-electron chi connectivity index (χ2n) is 16.7. The number of carbonyl (C=O) groups excluding carboxylic acids is 2. The van der Waals surface area contributed by atoms with E-state index in [9.17, 15) is 9.59 Å². The van der Waals surface area contributed by atoms with Crippen LogP contribution in [0.3, 0.4) is 0 Å². The zero-order chi connectivity index (χ0) is 46.3. The Morgan fingerprint density at radius 2 is 0.703 bits per heavy atom. The molecule has 0 aromatic heterocycles. The van der Waals surface area contributed by atoms with Gasteiger partial charge in [-0.15, -0.1) is 0 Å². The molecule has 64 heavy (non-hydrogen) atoms. The lowest BCUT2D eigenvalue weighted by atomic mass is 10.1. The van der Waals surface area contributed by atoms with Crippen molar-refractivity contribution in [3.8, 4) is 0 Å². The molecule has 0 amide bonds. The molecule has 0 saturated heterocycles. The van der Waals surface area contributed by atoms with Crippen LogP contribution in [0.5, 0.6) is 0 Å². The molecular weight excluding hydrogens is 789 g/mol. The average molecular weight is 885 g/mol. The van der Waals surface area contributed by atoms with Crippen LogP contribution in [0.1, 0.15) is 213 Å². The van der Waals surface area contributed by atoms with Gasteiger partial charge in [0.15, 0.2) is 6.10 Å². The van der Waals surface area contributed by atoms with Crippen LogP contribution >= 0.6 is 0 Å². The molecule has 0 spiro atoms. The van der Waals surface area contributed by atoms with E-state index in [1.807, 2.05) is 0 Å². The van der Waals surface area contributed by atoms with Crippen LogP contribution in [0.4, 0.5) is 0 Å². The van der Waals surface area contributed by atoms with Gasteiger partial charge in [0.25, 0.3) is 0 Å². The predicted octanol–water partition coefficient (Wildman–Crippen LogP) is 17.8. The van der Waals surface area contributed by atoms with Gasteiger partial charge in [-0.3, -0.25) is 9.59 Å². The highest BCUT2D eigenvalue weighted by atomic mass is 16.6. The molecule has 0 radical (unpaired) electrons. The van der Waals surface area contributed by atoms with E-state index in [0.717, 1.165) is 128 Å². The van der Waals surface area contributed by atoms with Crippen molar-refractivity contribution in [2.75, 3.05) is 19.8 Å². The molecule has 0 fully saturated rings. The summed E-state index contributed by atoms with van der Waals surface area (Å²) in [6, 6.07) is 0. The fourth-order valence-corrected chi connectivity index (χ4v) is 6.68. The van der Waals surface area contributed by atoms with Gasteiger partial charge in [0, 0.05) is 19.4 Å². The lowest BCUT2D eigenvalue weighted by Crippen LogP contribution is -2.30. The first kappa shape index (κ1) is 60.3. The first-order chi connectivity index (χ1) is 31.6. The smallest absolute Gasteiger partial charge is 0.306 e. The van der Waals surface area contributed by atoms with E-state index in [4.69, 9.17) is 14.2 Å². The summed E-state index contributed by atoms with van der Waals surface area (Å²) in [6.07, 6.45) is 74.9. The number of allylic oxidation sites excluding steroid dienone is 20. The van der Waals surface area contributed by atoms with Crippen molar-refractivity contribution in [2.24, 2.45) is 0 Å².